The van der Waals surface area contributed by atoms with E-state index < -0.39 is 0 Å². The topological polar surface area (TPSA) is 38.7 Å². The van der Waals surface area contributed by atoms with Crippen molar-refractivity contribution in [3.05, 3.63) is 27.7 Å². The second kappa shape index (κ2) is 3.44. The zero-order chi connectivity index (χ0) is 11.2. The summed E-state index contributed by atoms with van der Waals surface area (Å²) in [6, 6.07) is 4.09. The molecule has 0 unspecified atom stereocenters. The Bertz CT molecular complexity index is 502. The number of nitrogens with zero attached hydrogens (tertiary/aromatic N) is 1. The van der Waals surface area contributed by atoms with Gasteiger partial charge in [-0.15, -0.1) is 0 Å². The molecular formula is C12H10BrNO2. The molecule has 82 valence electrons. The van der Waals surface area contributed by atoms with Crippen LogP contribution in [-0.2, 0) is 16.8 Å². The molecule has 0 N–H and O–H groups in total. The van der Waals surface area contributed by atoms with Gasteiger partial charge in [0.2, 0.25) is 6.08 Å². The smallest absolute Gasteiger partial charge is 0.235 e. The fourth-order valence-corrected chi connectivity index (χ4v) is 2.77. The monoisotopic (exact) mass is 279 g/mol. The molecule has 2 aliphatic rings. The van der Waals surface area contributed by atoms with Crippen molar-refractivity contribution < 1.29 is 9.53 Å². The molecule has 0 aromatic heterocycles. The summed E-state index contributed by atoms with van der Waals surface area (Å²) in [6.07, 6.45) is 4.44. The Labute approximate surface area is 102 Å². The second-order valence-corrected chi connectivity index (χ2v) is 5.19. The molecule has 3 nitrogen and oxygen atoms in total. The molecule has 0 spiro atoms. The van der Waals surface area contributed by atoms with Crippen LogP contribution in [0.2, 0.25) is 0 Å². The first-order valence-corrected chi connectivity index (χ1v) is 6.09. The van der Waals surface area contributed by atoms with Crippen LogP contribution >= 0.6 is 15.9 Å². The van der Waals surface area contributed by atoms with Gasteiger partial charge in [0.05, 0.1) is 6.61 Å². The largest absolute Gasteiger partial charge is 0.493 e. The van der Waals surface area contributed by atoms with Crippen LogP contribution in [0.4, 0.5) is 0 Å². The number of hydrogen-bond acceptors (Lipinski definition) is 3. The number of benzene rings is 1. The lowest BCUT2D eigenvalue weighted by molar-refractivity contribution is 0.350. The van der Waals surface area contributed by atoms with E-state index in [0.717, 1.165) is 41.7 Å². The maximum atomic E-state index is 10.5. The lowest BCUT2D eigenvalue weighted by Gasteiger charge is -2.13. The highest BCUT2D eigenvalue weighted by molar-refractivity contribution is 9.10. The fourth-order valence-electron chi connectivity index (χ4n) is 2.26. The van der Waals surface area contributed by atoms with Crippen LogP contribution in [-0.4, -0.2) is 12.7 Å². The van der Waals surface area contributed by atoms with E-state index >= 15 is 0 Å². The normalized spacial score (nSPS) is 19.6. The molecular weight excluding hydrogens is 270 g/mol. The molecule has 16 heavy (non-hydrogen) atoms. The average molecular weight is 280 g/mol. The van der Waals surface area contributed by atoms with Gasteiger partial charge in [-0.2, -0.15) is 4.99 Å². The minimum atomic E-state index is -0.347. The molecule has 0 saturated heterocycles. The Morgan fingerprint density at radius 2 is 2.25 bits per heavy atom. The van der Waals surface area contributed by atoms with Crippen molar-refractivity contribution in [3.8, 4) is 5.75 Å². The Morgan fingerprint density at radius 3 is 2.94 bits per heavy atom. The van der Waals surface area contributed by atoms with Crippen molar-refractivity contribution in [2.45, 2.75) is 24.8 Å². The van der Waals surface area contributed by atoms with E-state index in [1.165, 1.54) is 5.56 Å². The van der Waals surface area contributed by atoms with Crippen molar-refractivity contribution >= 4 is 22.0 Å². The molecule has 1 saturated carbocycles. The van der Waals surface area contributed by atoms with Crippen LogP contribution in [0.3, 0.4) is 0 Å². The van der Waals surface area contributed by atoms with Crippen molar-refractivity contribution in [1.82, 2.24) is 0 Å². The molecule has 3 rings (SSSR count). The van der Waals surface area contributed by atoms with Gasteiger partial charge in [0.1, 0.15) is 11.3 Å². The first-order chi connectivity index (χ1) is 7.75. The lowest BCUT2D eigenvalue weighted by Crippen LogP contribution is -2.05. The van der Waals surface area contributed by atoms with Gasteiger partial charge in [-0.25, -0.2) is 4.79 Å². The summed E-state index contributed by atoms with van der Waals surface area (Å²) in [6.45, 7) is 0.722. The summed E-state index contributed by atoms with van der Waals surface area (Å²) >= 11 is 3.49. The lowest BCUT2D eigenvalue weighted by atomic mass is 10.0. The number of hydrogen-bond donors (Lipinski definition) is 0. The van der Waals surface area contributed by atoms with Crippen LogP contribution in [0, 0.1) is 0 Å². The molecule has 1 aromatic rings. The SMILES string of the molecule is O=C=NC1(c2cc(Br)cc3c2OCC3)CC1. The number of rotatable bonds is 2. The summed E-state index contributed by atoms with van der Waals surface area (Å²) < 4.78 is 6.67. The number of aliphatic imine (C=N–C) groups is 1. The van der Waals surface area contributed by atoms with Crippen molar-refractivity contribution in [2.75, 3.05) is 6.61 Å². The molecule has 1 aromatic carbocycles. The number of carbonyl (C=O) groups excluding carboxylic acids is 1. The second-order valence-electron chi connectivity index (χ2n) is 4.27. The molecule has 0 atom stereocenters. The summed E-state index contributed by atoms with van der Waals surface area (Å²) in [5, 5.41) is 0. The van der Waals surface area contributed by atoms with E-state index in [2.05, 4.69) is 27.0 Å². The minimum Gasteiger partial charge on any atom is -0.493 e. The number of ether oxygens (including phenoxy) is 1. The van der Waals surface area contributed by atoms with E-state index in [0.29, 0.717) is 0 Å². The Hall–Kier alpha value is -1.12. The van der Waals surface area contributed by atoms with Gasteiger partial charge in [0.15, 0.2) is 0 Å². The predicted molar refractivity (Wildman–Crippen MR) is 62.4 cm³/mol. The van der Waals surface area contributed by atoms with E-state index in [1.54, 1.807) is 6.08 Å². The summed E-state index contributed by atoms with van der Waals surface area (Å²) in [4.78, 5) is 14.4. The molecule has 0 bridgehead atoms. The van der Waals surface area contributed by atoms with Gasteiger partial charge < -0.3 is 4.74 Å². The summed E-state index contributed by atoms with van der Waals surface area (Å²) in [5.41, 5.74) is 1.90. The van der Waals surface area contributed by atoms with Crippen LogP contribution in [0.1, 0.15) is 24.0 Å². The predicted octanol–water partition coefficient (Wildman–Crippen LogP) is 2.71. The van der Waals surface area contributed by atoms with Gasteiger partial charge in [0.25, 0.3) is 0 Å². The van der Waals surface area contributed by atoms with Crippen LogP contribution in [0.5, 0.6) is 5.75 Å². The van der Waals surface area contributed by atoms with Crippen LogP contribution < -0.4 is 4.74 Å². The average Bonchev–Trinajstić information content (AvgIpc) is 2.88. The molecule has 0 amide bonds. The minimum absolute atomic E-state index is 0.347. The number of fused-ring (bicyclic) bond motifs is 1. The maximum Gasteiger partial charge on any atom is 0.235 e. The fraction of sp³-hybridized carbons (Fsp3) is 0.417. The van der Waals surface area contributed by atoms with Gasteiger partial charge >= 0.3 is 0 Å². The van der Waals surface area contributed by atoms with Gasteiger partial charge in [0, 0.05) is 16.5 Å². The Balaban J connectivity index is 2.17. The molecule has 1 aliphatic carbocycles. The number of isocyanates is 1. The van der Waals surface area contributed by atoms with Gasteiger partial charge in [-0.1, -0.05) is 15.9 Å². The highest BCUT2D eigenvalue weighted by atomic mass is 79.9. The van der Waals surface area contributed by atoms with E-state index in [1.807, 2.05) is 6.07 Å². The van der Waals surface area contributed by atoms with E-state index in [-0.39, 0.29) is 5.54 Å². The third-order valence-electron chi connectivity index (χ3n) is 3.23. The zero-order valence-corrected chi connectivity index (χ0v) is 10.2. The third kappa shape index (κ3) is 1.41. The van der Waals surface area contributed by atoms with Crippen molar-refractivity contribution in [3.63, 3.8) is 0 Å². The molecule has 1 aliphatic heterocycles. The van der Waals surface area contributed by atoms with Crippen LogP contribution in [0.25, 0.3) is 0 Å². The van der Waals surface area contributed by atoms with Gasteiger partial charge in [-0.05, 0) is 30.5 Å². The Kier molecular flexibility index (Phi) is 2.16. The molecule has 4 heteroatoms. The van der Waals surface area contributed by atoms with Crippen LogP contribution in [0.15, 0.2) is 21.6 Å². The maximum absolute atomic E-state index is 10.5. The molecule has 1 heterocycles. The van der Waals surface area contributed by atoms with Crippen molar-refractivity contribution in [2.24, 2.45) is 4.99 Å². The summed E-state index contributed by atoms with van der Waals surface area (Å²) in [7, 11) is 0. The standard InChI is InChI=1S/C12H10BrNO2/c13-9-5-8-1-4-16-11(8)10(6-9)12(2-3-12)14-7-15/h5-6H,1-4H2. The number of halogens is 1. The summed E-state index contributed by atoms with van der Waals surface area (Å²) in [5.74, 6) is 0.930. The van der Waals surface area contributed by atoms with Crippen molar-refractivity contribution in [1.29, 1.82) is 0 Å². The van der Waals surface area contributed by atoms with E-state index in [9.17, 15) is 4.79 Å². The quantitative estimate of drug-likeness (QED) is 0.617. The van der Waals surface area contributed by atoms with Gasteiger partial charge in [-0.3, -0.25) is 0 Å². The first kappa shape index (κ1) is 10.1. The van der Waals surface area contributed by atoms with E-state index in [4.69, 9.17) is 4.74 Å². The molecule has 1 fully saturated rings. The highest BCUT2D eigenvalue weighted by Crippen LogP contribution is 2.54. The first-order valence-electron chi connectivity index (χ1n) is 5.30. The Morgan fingerprint density at radius 1 is 1.44 bits per heavy atom. The molecule has 0 radical (unpaired) electrons. The highest BCUT2D eigenvalue weighted by Gasteiger charge is 2.47. The zero-order valence-electron chi connectivity index (χ0n) is 8.62. The third-order valence-corrected chi connectivity index (χ3v) is 3.69.